The van der Waals surface area contributed by atoms with Gasteiger partial charge in [-0.2, -0.15) is 0 Å². The van der Waals surface area contributed by atoms with E-state index in [0.29, 0.717) is 6.04 Å². The van der Waals surface area contributed by atoms with E-state index in [2.05, 4.69) is 12.2 Å². The van der Waals surface area contributed by atoms with E-state index < -0.39 is 0 Å². The molecule has 0 radical (unpaired) electrons. The van der Waals surface area contributed by atoms with E-state index in [1.165, 1.54) is 51.4 Å². The Balaban J connectivity index is 1.61. The third-order valence-electron chi connectivity index (χ3n) is 4.73. The molecule has 2 fully saturated rings. The molecule has 2 unspecified atom stereocenters. The van der Waals surface area contributed by atoms with Crippen LogP contribution in [0.15, 0.2) is 0 Å². The fraction of sp³-hybridized carbons (Fsp3) is 1.00. The molecule has 100 valence electrons. The molecule has 2 rings (SSSR count). The minimum Gasteiger partial charge on any atom is -0.392 e. The molecular weight excluding hydrogens is 210 g/mol. The van der Waals surface area contributed by atoms with Crippen molar-refractivity contribution < 1.29 is 5.11 Å². The normalized spacial score (nSPS) is 39.2. The van der Waals surface area contributed by atoms with Gasteiger partial charge >= 0.3 is 0 Å². The van der Waals surface area contributed by atoms with Gasteiger partial charge in [-0.25, -0.2) is 0 Å². The summed E-state index contributed by atoms with van der Waals surface area (Å²) in [5, 5.41) is 13.5. The number of nitrogens with one attached hydrogen (secondary N) is 1. The van der Waals surface area contributed by atoms with E-state index in [9.17, 15) is 5.11 Å². The molecule has 2 saturated carbocycles. The second-order valence-electron chi connectivity index (χ2n) is 6.34. The SMILES string of the molecule is CC1CCCC(CCN[C@@H]2CCCC[C@H]2O)C1. The Hall–Kier alpha value is -0.0800. The van der Waals surface area contributed by atoms with Crippen LogP contribution >= 0.6 is 0 Å². The first kappa shape index (κ1) is 13.4. The Morgan fingerprint density at radius 2 is 1.88 bits per heavy atom. The Morgan fingerprint density at radius 1 is 1.06 bits per heavy atom. The van der Waals surface area contributed by atoms with Crippen LogP contribution in [0, 0.1) is 11.8 Å². The summed E-state index contributed by atoms with van der Waals surface area (Å²) in [5.41, 5.74) is 0. The van der Waals surface area contributed by atoms with Crippen LogP contribution in [0.25, 0.3) is 0 Å². The average molecular weight is 239 g/mol. The number of hydrogen-bond donors (Lipinski definition) is 2. The smallest absolute Gasteiger partial charge is 0.0693 e. The Labute approximate surface area is 106 Å². The first-order valence-electron chi connectivity index (χ1n) is 7.67. The third kappa shape index (κ3) is 4.26. The van der Waals surface area contributed by atoms with Crippen molar-refractivity contribution in [2.75, 3.05) is 6.54 Å². The Morgan fingerprint density at radius 3 is 2.65 bits per heavy atom. The summed E-state index contributed by atoms with van der Waals surface area (Å²) >= 11 is 0. The van der Waals surface area contributed by atoms with Crippen molar-refractivity contribution in [3.05, 3.63) is 0 Å². The monoisotopic (exact) mass is 239 g/mol. The number of aliphatic hydroxyl groups excluding tert-OH is 1. The highest BCUT2D eigenvalue weighted by molar-refractivity contribution is 4.81. The van der Waals surface area contributed by atoms with E-state index in [0.717, 1.165) is 24.8 Å². The molecule has 0 spiro atoms. The predicted molar refractivity (Wildman–Crippen MR) is 72.0 cm³/mol. The van der Waals surface area contributed by atoms with Crippen LogP contribution < -0.4 is 5.32 Å². The van der Waals surface area contributed by atoms with Gasteiger partial charge in [-0.1, -0.05) is 39.0 Å². The van der Waals surface area contributed by atoms with Crippen molar-refractivity contribution in [3.8, 4) is 0 Å². The van der Waals surface area contributed by atoms with E-state index in [1.807, 2.05) is 0 Å². The van der Waals surface area contributed by atoms with Gasteiger partial charge in [-0.15, -0.1) is 0 Å². The quantitative estimate of drug-likeness (QED) is 0.790. The van der Waals surface area contributed by atoms with E-state index in [4.69, 9.17) is 0 Å². The van der Waals surface area contributed by atoms with Gasteiger partial charge in [0.05, 0.1) is 6.10 Å². The number of rotatable bonds is 4. The average Bonchev–Trinajstić information content (AvgIpc) is 2.32. The van der Waals surface area contributed by atoms with Crippen molar-refractivity contribution in [2.45, 2.75) is 76.9 Å². The zero-order valence-electron chi connectivity index (χ0n) is 11.3. The van der Waals surface area contributed by atoms with E-state index >= 15 is 0 Å². The van der Waals surface area contributed by atoms with Crippen LogP contribution in [0.5, 0.6) is 0 Å². The molecule has 0 amide bonds. The topological polar surface area (TPSA) is 32.3 Å². The number of hydrogen-bond acceptors (Lipinski definition) is 2. The summed E-state index contributed by atoms with van der Waals surface area (Å²) in [4.78, 5) is 0. The molecule has 0 aromatic heterocycles. The summed E-state index contributed by atoms with van der Waals surface area (Å²) in [6.45, 7) is 3.50. The maximum Gasteiger partial charge on any atom is 0.0693 e. The molecule has 0 aromatic rings. The highest BCUT2D eigenvalue weighted by Crippen LogP contribution is 2.30. The molecule has 4 atom stereocenters. The lowest BCUT2D eigenvalue weighted by molar-refractivity contribution is 0.0896. The molecule has 0 aromatic carbocycles. The maximum absolute atomic E-state index is 9.89. The predicted octanol–water partition coefficient (Wildman–Crippen LogP) is 3.10. The van der Waals surface area contributed by atoms with Crippen molar-refractivity contribution >= 4 is 0 Å². The lowest BCUT2D eigenvalue weighted by Gasteiger charge is -2.30. The van der Waals surface area contributed by atoms with Gasteiger partial charge in [0.2, 0.25) is 0 Å². The van der Waals surface area contributed by atoms with Crippen molar-refractivity contribution in [2.24, 2.45) is 11.8 Å². The van der Waals surface area contributed by atoms with E-state index in [1.54, 1.807) is 0 Å². The molecule has 0 saturated heterocycles. The Kier molecular flexibility index (Phi) is 5.30. The minimum atomic E-state index is -0.0889. The van der Waals surface area contributed by atoms with Crippen molar-refractivity contribution in [1.82, 2.24) is 5.32 Å². The van der Waals surface area contributed by atoms with Gasteiger partial charge < -0.3 is 10.4 Å². The van der Waals surface area contributed by atoms with Gasteiger partial charge in [-0.3, -0.25) is 0 Å². The zero-order valence-corrected chi connectivity index (χ0v) is 11.3. The summed E-state index contributed by atoms with van der Waals surface area (Å²) in [7, 11) is 0. The molecule has 0 aliphatic heterocycles. The minimum absolute atomic E-state index is 0.0889. The highest BCUT2D eigenvalue weighted by atomic mass is 16.3. The third-order valence-corrected chi connectivity index (χ3v) is 4.73. The van der Waals surface area contributed by atoms with Crippen molar-refractivity contribution in [3.63, 3.8) is 0 Å². The molecule has 0 heterocycles. The molecule has 2 aliphatic carbocycles. The largest absolute Gasteiger partial charge is 0.392 e. The van der Waals surface area contributed by atoms with Crippen LogP contribution in [-0.4, -0.2) is 23.8 Å². The molecule has 2 aliphatic rings. The maximum atomic E-state index is 9.89. The van der Waals surface area contributed by atoms with Crippen LogP contribution in [0.3, 0.4) is 0 Å². The first-order chi connectivity index (χ1) is 8.25. The van der Waals surface area contributed by atoms with Gasteiger partial charge in [-0.05, 0) is 44.1 Å². The van der Waals surface area contributed by atoms with Crippen LogP contribution in [-0.2, 0) is 0 Å². The summed E-state index contributed by atoms with van der Waals surface area (Å²) in [6, 6.07) is 0.379. The Bertz CT molecular complexity index is 219. The zero-order chi connectivity index (χ0) is 12.1. The second-order valence-corrected chi connectivity index (χ2v) is 6.34. The molecule has 0 bridgehead atoms. The van der Waals surface area contributed by atoms with Crippen LogP contribution in [0.1, 0.15) is 64.7 Å². The van der Waals surface area contributed by atoms with Gasteiger partial charge in [0.1, 0.15) is 0 Å². The van der Waals surface area contributed by atoms with Gasteiger partial charge in [0, 0.05) is 6.04 Å². The summed E-state index contributed by atoms with van der Waals surface area (Å²) in [6.07, 6.45) is 11.6. The summed E-state index contributed by atoms with van der Waals surface area (Å²) in [5.74, 6) is 1.88. The molecule has 2 nitrogen and oxygen atoms in total. The van der Waals surface area contributed by atoms with Crippen molar-refractivity contribution in [1.29, 1.82) is 0 Å². The molecule has 17 heavy (non-hydrogen) atoms. The standard InChI is InChI=1S/C15H29NO/c1-12-5-4-6-13(11-12)9-10-16-14-7-2-3-8-15(14)17/h12-17H,2-11H2,1H3/t12?,13?,14-,15-/m1/s1. The molecular formula is C15H29NO. The number of aliphatic hydroxyl groups is 1. The summed E-state index contributed by atoms with van der Waals surface area (Å²) < 4.78 is 0. The van der Waals surface area contributed by atoms with Crippen LogP contribution in [0.4, 0.5) is 0 Å². The fourth-order valence-electron chi connectivity index (χ4n) is 3.64. The highest BCUT2D eigenvalue weighted by Gasteiger charge is 2.23. The lowest BCUT2D eigenvalue weighted by Crippen LogP contribution is -2.42. The molecule has 2 heteroatoms. The van der Waals surface area contributed by atoms with Gasteiger partial charge in [0.15, 0.2) is 0 Å². The second kappa shape index (κ2) is 6.75. The van der Waals surface area contributed by atoms with Crippen LogP contribution in [0.2, 0.25) is 0 Å². The lowest BCUT2D eigenvalue weighted by atomic mass is 9.81. The first-order valence-corrected chi connectivity index (χ1v) is 7.67. The fourth-order valence-corrected chi connectivity index (χ4v) is 3.64. The molecule has 2 N–H and O–H groups in total. The van der Waals surface area contributed by atoms with Gasteiger partial charge in [0.25, 0.3) is 0 Å². The van der Waals surface area contributed by atoms with E-state index in [-0.39, 0.29) is 6.10 Å².